The van der Waals surface area contributed by atoms with Crippen LogP contribution >= 0.6 is 0 Å². The van der Waals surface area contributed by atoms with Crippen LogP contribution in [0.25, 0.3) is 6.08 Å². The first kappa shape index (κ1) is 14.0. The molecule has 18 heavy (non-hydrogen) atoms. The summed E-state index contributed by atoms with van der Waals surface area (Å²) in [6, 6.07) is 0. The Hall–Kier alpha value is -2.04. The fraction of sp³-hybridized carbons (Fsp3) is 0.385. The summed E-state index contributed by atoms with van der Waals surface area (Å²) in [7, 11) is 0. The molecule has 0 saturated carbocycles. The van der Waals surface area contributed by atoms with Gasteiger partial charge in [0.15, 0.2) is 0 Å². The molecule has 5 nitrogen and oxygen atoms in total. The van der Waals surface area contributed by atoms with Gasteiger partial charge < -0.3 is 14.8 Å². The molecule has 1 rings (SSSR count). The molecule has 0 unspecified atom stereocenters. The number of ether oxygens (including phenoxy) is 1. The zero-order valence-electron chi connectivity index (χ0n) is 11.0. The average Bonchev–Trinajstić information content (AvgIpc) is 2.57. The Kier molecular flexibility index (Phi) is 4.31. The van der Waals surface area contributed by atoms with Gasteiger partial charge in [-0.25, -0.2) is 9.59 Å². The third kappa shape index (κ3) is 2.80. The number of aliphatic carboxylic acids is 1. The van der Waals surface area contributed by atoms with Gasteiger partial charge in [0.05, 0.1) is 6.61 Å². The highest BCUT2D eigenvalue weighted by Crippen LogP contribution is 2.21. The Morgan fingerprint density at radius 2 is 2.00 bits per heavy atom. The Labute approximate surface area is 105 Å². The summed E-state index contributed by atoms with van der Waals surface area (Å²) in [5.74, 6) is -1.40. The van der Waals surface area contributed by atoms with E-state index in [9.17, 15) is 9.59 Å². The van der Waals surface area contributed by atoms with E-state index in [-0.39, 0.29) is 5.57 Å². The average molecular weight is 251 g/mol. The van der Waals surface area contributed by atoms with Crippen LogP contribution in [-0.4, -0.2) is 28.6 Å². The second kappa shape index (κ2) is 5.53. The molecule has 0 aliphatic carbocycles. The van der Waals surface area contributed by atoms with Gasteiger partial charge in [0.25, 0.3) is 0 Å². The summed E-state index contributed by atoms with van der Waals surface area (Å²) in [5, 5.41) is 8.86. The number of H-pyrrole nitrogens is 1. The minimum atomic E-state index is -0.979. The minimum absolute atomic E-state index is 0.218. The van der Waals surface area contributed by atoms with Crippen LogP contribution in [0.15, 0.2) is 5.57 Å². The molecule has 0 atom stereocenters. The van der Waals surface area contributed by atoms with Gasteiger partial charge in [-0.2, -0.15) is 0 Å². The molecule has 2 N–H and O–H groups in total. The van der Waals surface area contributed by atoms with Crippen molar-refractivity contribution in [2.75, 3.05) is 6.61 Å². The van der Waals surface area contributed by atoms with E-state index in [1.165, 1.54) is 6.92 Å². The first-order valence-corrected chi connectivity index (χ1v) is 5.66. The first-order valence-electron chi connectivity index (χ1n) is 5.66. The summed E-state index contributed by atoms with van der Waals surface area (Å²) in [6.07, 6.45) is 1.55. The minimum Gasteiger partial charge on any atom is -0.478 e. The monoisotopic (exact) mass is 251 g/mol. The largest absolute Gasteiger partial charge is 0.478 e. The van der Waals surface area contributed by atoms with E-state index in [1.54, 1.807) is 26.8 Å². The third-order valence-corrected chi connectivity index (χ3v) is 2.67. The number of aromatic amines is 1. The van der Waals surface area contributed by atoms with Crippen molar-refractivity contribution in [2.45, 2.75) is 27.7 Å². The lowest BCUT2D eigenvalue weighted by atomic mass is 10.1. The molecule has 0 aliphatic rings. The van der Waals surface area contributed by atoms with E-state index in [1.807, 2.05) is 0 Å². The Morgan fingerprint density at radius 3 is 2.50 bits per heavy atom. The van der Waals surface area contributed by atoms with Gasteiger partial charge in [0, 0.05) is 11.3 Å². The topological polar surface area (TPSA) is 79.4 Å². The van der Waals surface area contributed by atoms with Crippen molar-refractivity contribution >= 4 is 18.0 Å². The molecular weight excluding hydrogens is 234 g/mol. The molecule has 0 fully saturated rings. The molecule has 0 aromatic carbocycles. The van der Waals surface area contributed by atoms with E-state index < -0.39 is 11.9 Å². The van der Waals surface area contributed by atoms with Gasteiger partial charge in [-0.05, 0) is 44.9 Å². The van der Waals surface area contributed by atoms with E-state index >= 15 is 0 Å². The first-order chi connectivity index (χ1) is 8.38. The summed E-state index contributed by atoms with van der Waals surface area (Å²) < 4.78 is 4.92. The predicted molar refractivity (Wildman–Crippen MR) is 67.5 cm³/mol. The van der Waals surface area contributed by atoms with Gasteiger partial charge in [0.1, 0.15) is 5.69 Å². The van der Waals surface area contributed by atoms with Crippen LogP contribution in [-0.2, 0) is 9.53 Å². The Bertz CT molecular complexity index is 511. The van der Waals surface area contributed by atoms with Crippen molar-refractivity contribution in [1.29, 1.82) is 0 Å². The van der Waals surface area contributed by atoms with E-state index in [0.717, 1.165) is 11.3 Å². The SMILES string of the molecule is CCOC(=O)c1[nH]c(C)c(/C=C(\C)C(=O)O)c1C. The van der Waals surface area contributed by atoms with Crippen LogP contribution in [0.4, 0.5) is 0 Å². The van der Waals surface area contributed by atoms with Crippen molar-refractivity contribution in [3.8, 4) is 0 Å². The van der Waals surface area contributed by atoms with E-state index in [0.29, 0.717) is 17.9 Å². The molecule has 1 heterocycles. The fourth-order valence-corrected chi connectivity index (χ4v) is 1.67. The zero-order valence-corrected chi connectivity index (χ0v) is 11.0. The maximum Gasteiger partial charge on any atom is 0.355 e. The highest BCUT2D eigenvalue weighted by Gasteiger charge is 2.17. The van der Waals surface area contributed by atoms with Gasteiger partial charge in [0.2, 0.25) is 0 Å². The smallest absolute Gasteiger partial charge is 0.355 e. The van der Waals surface area contributed by atoms with Gasteiger partial charge in [-0.1, -0.05) is 0 Å². The standard InChI is InChI=1S/C13H17NO4/c1-5-18-13(17)11-8(3)10(9(4)14-11)6-7(2)12(15)16/h6,14H,5H2,1-4H3,(H,15,16)/b7-6+. The second-order valence-electron chi connectivity index (χ2n) is 4.02. The maximum atomic E-state index is 11.7. The fourth-order valence-electron chi connectivity index (χ4n) is 1.67. The highest BCUT2D eigenvalue weighted by atomic mass is 16.5. The lowest BCUT2D eigenvalue weighted by Crippen LogP contribution is -2.06. The van der Waals surface area contributed by atoms with Crippen molar-refractivity contribution in [3.05, 3.63) is 28.1 Å². The highest BCUT2D eigenvalue weighted by molar-refractivity contribution is 5.94. The van der Waals surface area contributed by atoms with Crippen LogP contribution in [0.3, 0.4) is 0 Å². The van der Waals surface area contributed by atoms with E-state index in [2.05, 4.69) is 4.98 Å². The van der Waals surface area contributed by atoms with Crippen molar-refractivity contribution < 1.29 is 19.4 Å². The molecule has 0 spiro atoms. The van der Waals surface area contributed by atoms with Crippen molar-refractivity contribution in [3.63, 3.8) is 0 Å². The van der Waals surface area contributed by atoms with Crippen LogP contribution in [0.2, 0.25) is 0 Å². The number of rotatable bonds is 4. The number of hydrogen-bond donors (Lipinski definition) is 2. The van der Waals surface area contributed by atoms with Gasteiger partial charge in [-0.15, -0.1) is 0 Å². The zero-order chi connectivity index (χ0) is 13.9. The lowest BCUT2D eigenvalue weighted by molar-refractivity contribution is -0.132. The summed E-state index contributed by atoms with van der Waals surface area (Å²) in [5.41, 5.74) is 2.76. The quantitative estimate of drug-likeness (QED) is 0.635. The predicted octanol–water partition coefficient (Wildman–Crippen LogP) is 2.30. The molecule has 98 valence electrons. The Balaban J connectivity index is 3.20. The molecular formula is C13H17NO4. The molecule has 0 aliphatic heterocycles. The second-order valence-corrected chi connectivity index (χ2v) is 4.02. The number of aryl methyl sites for hydroxylation is 1. The molecule has 0 amide bonds. The van der Waals surface area contributed by atoms with Crippen LogP contribution < -0.4 is 0 Å². The molecule has 5 heteroatoms. The van der Waals surface area contributed by atoms with Crippen LogP contribution in [0.1, 0.15) is 41.2 Å². The van der Waals surface area contributed by atoms with Gasteiger partial charge >= 0.3 is 11.9 Å². The summed E-state index contributed by atoms with van der Waals surface area (Å²) in [4.78, 5) is 25.4. The number of carbonyl (C=O) groups is 2. The maximum absolute atomic E-state index is 11.7. The number of carbonyl (C=O) groups excluding carboxylic acids is 1. The van der Waals surface area contributed by atoms with Gasteiger partial charge in [-0.3, -0.25) is 0 Å². The van der Waals surface area contributed by atoms with Crippen molar-refractivity contribution in [2.24, 2.45) is 0 Å². The number of hydrogen-bond acceptors (Lipinski definition) is 3. The molecule has 0 bridgehead atoms. The van der Waals surface area contributed by atoms with E-state index in [4.69, 9.17) is 9.84 Å². The van der Waals surface area contributed by atoms with Crippen LogP contribution in [0.5, 0.6) is 0 Å². The third-order valence-electron chi connectivity index (χ3n) is 2.67. The Morgan fingerprint density at radius 1 is 1.39 bits per heavy atom. The molecule has 0 radical (unpaired) electrons. The number of carboxylic acid groups (broad SMARTS) is 1. The number of esters is 1. The number of nitrogens with one attached hydrogen (secondary N) is 1. The number of carboxylic acids is 1. The van der Waals surface area contributed by atoms with Crippen LogP contribution in [0, 0.1) is 13.8 Å². The number of aromatic nitrogens is 1. The molecule has 1 aromatic rings. The van der Waals surface area contributed by atoms with Crippen molar-refractivity contribution in [1.82, 2.24) is 4.98 Å². The molecule has 1 aromatic heterocycles. The summed E-state index contributed by atoms with van der Waals surface area (Å²) in [6.45, 7) is 7.10. The normalized spacial score (nSPS) is 11.4. The molecule has 0 saturated heterocycles. The summed E-state index contributed by atoms with van der Waals surface area (Å²) >= 11 is 0. The lowest BCUT2D eigenvalue weighted by Gasteiger charge is -2.00.